The summed E-state index contributed by atoms with van der Waals surface area (Å²) >= 11 is 6.17. The Morgan fingerprint density at radius 2 is 1.73 bits per heavy atom. The summed E-state index contributed by atoms with van der Waals surface area (Å²) in [5.41, 5.74) is 0. The number of hydrogen-bond acceptors (Lipinski definition) is 5. The summed E-state index contributed by atoms with van der Waals surface area (Å²) in [6.45, 7) is 23.0. The van der Waals surface area contributed by atoms with Gasteiger partial charge in [0, 0.05) is 23.3 Å². The monoisotopic (exact) mass is 566 g/mol. The molecule has 1 saturated heterocycles. The average Bonchev–Trinajstić information content (AvgIpc) is 3.23. The molecule has 0 amide bonds. The first-order valence-corrected chi connectivity index (χ1v) is 19.7. The largest absolute Gasteiger partial charge is 0.491 e. The summed E-state index contributed by atoms with van der Waals surface area (Å²) in [7, 11) is -4.07. The van der Waals surface area contributed by atoms with Gasteiger partial charge in [-0.1, -0.05) is 71.4 Å². The zero-order chi connectivity index (χ0) is 27.8. The van der Waals surface area contributed by atoms with E-state index in [1.165, 1.54) is 0 Å². The van der Waals surface area contributed by atoms with Crippen molar-refractivity contribution in [3.05, 3.63) is 41.4 Å². The number of fused-ring (bicyclic) bond motifs is 1. The molecule has 1 heterocycles. The molecular weight excluding hydrogens is 520 g/mol. The minimum atomic E-state index is -2.07. The van der Waals surface area contributed by atoms with E-state index in [1.807, 2.05) is 24.3 Å². The first kappa shape index (κ1) is 30.4. The number of rotatable bonds is 9. The second-order valence-electron chi connectivity index (χ2n) is 13.7. The van der Waals surface area contributed by atoms with Crippen LogP contribution in [-0.4, -0.2) is 47.5 Å². The van der Waals surface area contributed by atoms with Gasteiger partial charge in [0.15, 0.2) is 16.6 Å². The SMILES string of the molecule is CC(C)(C)[Si](C)(C)O[C@H](/C=C/[C@@H]1[C@H]2CC(=O)O[C@H]2C[C@H]1O[Si](C)(C)C(C)(C)C)COc1cccc(Cl)c1. The molecule has 0 radical (unpaired) electrons. The summed E-state index contributed by atoms with van der Waals surface area (Å²) in [4.78, 5) is 12.1. The first-order valence-electron chi connectivity index (χ1n) is 13.5. The molecule has 5 atom stereocenters. The molecule has 0 bridgehead atoms. The van der Waals surface area contributed by atoms with E-state index < -0.39 is 16.6 Å². The Morgan fingerprint density at radius 1 is 1.08 bits per heavy atom. The Kier molecular flexibility index (Phi) is 9.18. The molecular formula is C29H47ClO5Si2. The topological polar surface area (TPSA) is 54.0 Å². The highest BCUT2D eigenvalue weighted by molar-refractivity contribution is 6.74. The van der Waals surface area contributed by atoms with E-state index in [0.717, 1.165) is 12.2 Å². The molecule has 3 rings (SSSR count). The molecule has 1 aliphatic carbocycles. The van der Waals surface area contributed by atoms with Crippen molar-refractivity contribution in [1.82, 2.24) is 0 Å². The first-order chi connectivity index (χ1) is 16.9. The van der Waals surface area contributed by atoms with Crippen LogP contribution in [0.5, 0.6) is 5.75 Å². The van der Waals surface area contributed by atoms with Gasteiger partial charge in [-0.15, -0.1) is 0 Å². The van der Waals surface area contributed by atoms with Gasteiger partial charge >= 0.3 is 5.97 Å². The molecule has 2 fully saturated rings. The molecule has 8 heteroatoms. The van der Waals surface area contributed by atoms with Crippen LogP contribution in [0.2, 0.25) is 41.3 Å². The maximum absolute atomic E-state index is 12.1. The molecule has 5 nitrogen and oxygen atoms in total. The lowest BCUT2D eigenvalue weighted by atomic mass is 9.91. The molecule has 208 valence electrons. The van der Waals surface area contributed by atoms with Crippen molar-refractivity contribution in [3.8, 4) is 5.75 Å². The second-order valence-corrected chi connectivity index (χ2v) is 23.6. The van der Waals surface area contributed by atoms with E-state index in [2.05, 4.69) is 79.9 Å². The van der Waals surface area contributed by atoms with E-state index in [9.17, 15) is 4.79 Å². The van der Waals surface area contributed by atoms with Gasteiger partial charge in [0.2, 0.25) is 0 Å². The molecule has 0 unspecified atom stereocenters. The number of halogens is 1. The van der Waals surface area contributed by atoms with E-state index >= 15 is 0 Å². The number of carbonyl (C=O) groups excluding carboxylic acids is 1. The van der Waals surface area contributed by atoms with Crippen molar-refractivity contribution in [2.45, 2.75) is 109 Å². The molecule has 1 aliphatic heterocycles. The normalized spacial score (nSPS) is 25.9. The molecule has 1 aromatic carbocycles. The molecule has 37 heavy (non-hydrogen) atoms. The van der Waals surface area contributed by atoms with E-state index in [0.29, 0.717) is 18.1 Å². The van der Waals surface area contributed by atoms with Crippen LogP contribution in [0.1, 0.15) is 54.4 Å². The highest BCUT2D eigenvalue weighted by Crippen LogP contribution is 2.47. The lowest BCUT2D eigenvalue weighted by Gasteiger charge is -2.40. The van der Waals surface area contributed by atoms with Crippen molar-refractivity contribution < 1.29 is 23.1 Å². The van der Waals surface area contributed by atoms with Gasteiger partial charge in [-0.3, -0.25) is 4.79 Å². The van der Waals surface area contributed by atoms with Crippen LogP contribution in [0.15, 0.2) is 36.4 Å². The van der Waals surface area contributed by atoms with Crippen molar-refractivity contribution >= 4 is 34.2 Å². The molecule has 1 aromatic rings. The smallest absolute Gasteiger partial charge is 0.306 e. The fourth-order valence-corrected chi connectivity index (χ4v) is 7.32. The summed E-state index contributed by atoms with van der Waals surface area (Å²) in [6.07, 6.45) is 5.30. The van der Waals surface area contributed by atoms with Gasteiger partial charge in [0.1, 0.15) is 18.5 Å². The standard InChI is InChI=1S/C29H47ClO5Si2/c1-28(2,3)36(7,8)34-22(19-32-21-13-11-12-20(30)16-21)14-15-23-24-17-27(31)33-25(24)18-26(23)35-37(9,10)29(4,5)6/h11-16,22-26H,17-19H2,1-10H3/b15-14+/t22-,23-,24-,25+,26-/m1/s1. The highest BCUT2D eigenvalue weighted by atomic mass is 35.5. The third-order valence-corrected chi connectivity index (χ3v) is 18.1. The van der Waals surface area contributed by atoms with Gasteiger partial charge in [-0.25, -0.2) is 0 Å². The highest BCUT2D eigenvalue weighted by Gasteiger charge is 2.52. The number of hydrogen-bond donors (Lipinski definition) is 0. The van der Waals surface area contributed by atoms with Gasteiger partial charge in [0.05, 0.1) is 18.6 Å². The van der Waals surface area contributed by atoms with E-state index in [-0.39, 0.29) is 46.2 Å². The third-order valence-electron chi connectivity index (χ3n) is 8.81. The Balaban J connectivity index is 1.85. The fraction of sp³-hybridized carbons (Fsp3) is 0.690. The Labute approximate surface area is 231 Å². The summed E-state index contributed by atoms with van der Waals surface area (Å²) in [5.74, 6) is 0.861. The average molecular weight is 567 g/mol. The maximum atomic E-state index is 12.1. The zero-order valence-corrected chi connectivity index (χ0v) is 27.1. The van der Waals surface area contributed by atoms with Crippen LogP contribution in [0.4, 0.5) is 0 Å². The third kappa shape index (κ3) is 7.50. The number of benzene rings is 1. The molecule has 0 N–H and O–H groups in total. The van der Waals surface area contributed by atoms with E-state index in [1.54, 1.807) is 0 Å². The molecule has 0 spiro atoms. The summed E-state index contributed by atoms with van der Waals surface area (Å²) in [5, 5.41) is 0.810. The van der Waals surface area contributed by atoms with Crippen molar-refractivity contribution in [1.29, 1.82) is 0 Å². The van der Waals surface area contributed by atoms with Gasteiger partial charge in [0.25, 0.3) is 0 Å². The number of esters is 1. The van der Waals surface area contributed by atoms with Gasteiger partial charge in [-0.05, 0) is 54.5 Å². The van der Waals surface area contributed by atoms with Crippen LogP contribution in [-0.2, 0) is 18.4 Å². The predicted octanol–water partition coefficient (Wildman–Crippen LogP) is 8.01. The quantitative estimate of drug-likeness (QED) is 0.172. The van der Waals surface area contributed by atoms with Crippen LogP contribution in [0, 0.1) is 11.8 Å². The second kappa shape index (κ2) is 11.2. The van der Waals surface area contributed by atoms with Crippen LogP contribution in [0.25, 0.3) is 0 Å². The zero-order valence-electron chi connectivity index (χ0n) is 24.4. The molecule has 2 aliphatic rings. The van der Waals surface area contributed by atoms with Gasteiger partial charge < -0.3 is 18.3 Å². The van der Waals surface area contributed by atoms with Crippen molar-refractivity contribution in [3.63, 3.8) is 0 Å². The number of ether oxygens (including phenoxy) is 2. The molecule has 0 aromatic heterocycles. The summed E-state index contributed by atoms with van der Waals surface area (Å²) < 4.78 is 25.5. The number of carbonyl (C=O) groups is 1. The fourth-order valence-electron chi connectivity index (χ4n) is 4.52. The minimum Gasteiger partial charge on any atom is -0.491 e. The van der Waals surface area contributed by atoms with Crippen molar-refractivity contribution in [2.75, 3.05) is 6.61 Å². The Bertz CT molecular complexity index is 979. The molecule has 1 saturated carbocycles. The summed E-state index contributed by atoms with van der Waals surface area (Å²) in [6, 6.07) is 7.45. The Morgan fingerprint density at radius 3 is 2.32 bits per heavy atom. The van der Waals surface area contributed by atoms with E-state index in [4.69, 9.17) is 29.9 Å². The van der Waals surface area contributed by atoms with Gasteiger partial charge in [-0.2, -0.15) is 0 Å². The van der Waals surface area contributed by atoms with Crippen molar-refractivity contribution in [2.24, 2.45) is 11.8 Å². The van der Waals surface area contributed by atoms with Crippen LogP contribution < -0.4 is 4.74 Å². The minimum absolute atomic E-state index is 0.0302. The van der Waals surface area contributed by atoms with Crippen LogP contribution >= 0.6 is 11.6 Å². The predicted molar refractivity (Wildman–Crippen MR) is 156 cm³/mol. The lowest BCUT2D eigenvalue weighted by Crippen LogP contribution is -2.45. The lowest BCUT2D eigenvalue weighted by molar-refractivity contribution is -0.141. The van der Waals surface area contributed by atoms with Crippen LogP contribution in [0.3, 0.4) is 0 Å². The maximum Gasteiger partial charge on any atom is 0.306 e. The Hall–Kier alpha value is -1.13.